The summed E-state index contributed by atoms with van der Waals surface area (Å²) in [6, 6.07) is 11.1. The number of hydrogen-bond donors (Lipinski definition) is 2. The van der Waals surface area contributed by atoms with Gasteiger partial charge < -0.3 is 5.32 Å². The maximum atomic E-state index is 12.0. The Morgan fingerprint density at radius 1 is 1.18 bits per heavy atom. The minimum atomic E-state index is -3.16. The van der Waals surface area contributed by atoms with Crippen LogP contribution in [-0.4, -0.2) is 27.1 Å². The number of carbonyl (C=O) groups is 1. The van der Waals surface area contributed by atoms with Crippen LogP contribution in [0.3, 0.4) is 0 Å². The fraction of sp³-hybridized carbons (Fsp3) is 0.267. The molecule has 0 unspecified atom stereocenters. The molecule has 7 heteroatoms. The highest BCUT2D eigenvalue weighted by atomic mass is 32.2. The van der Waals surface area contributed by atoms with Gasteiger partial charge in [0.05, 0.1) is 12.8 Å². The Kier molecular flexibility index (Phi) is 5.70. The zero-order valence-electron chi connectivity index (χ0n) is 12.2. The summed E-state index contributed by atoms with van der Waals surface area (Å²) in [6.45, 7) is 0.874. The number of carbonyl (C=O) groups excluding carboxylic acids is 1. The quantitative estimate of drug-likeness (QED) is 0.808. The molecule has 0 aliphatic heterocycles. The minimum Gasteiger partial charge on any atom is -0.347 e. The molecular weight excluding hydrogens is 320 g/mol. The topological polar surface area (TPSA) is 75.3 Å². The van der Waals surface area contributed by atoms with Crippen molar-refractivity contribution >= 4 is 27.3 Å². The molecule has 22 heavy (non-hydrogen) atoms. The zero-order valence-corrected chi connectivity index (χ0v) is 13.8. The van der Waals surface area contributed by atoms with Crippen molar-refractivity contribution in [2.45, 2.75) is 13.0 Å². The maximum Gasteiger partial charge on any atom is 0.251 e. The fourth-order valence-electron chi connectivity index (χ4n) is 1.89. The van der Waals surface area contributed by atoms with Crippen molar-refractivity contribution in [2.24, 2.45) is 0 Å². The van der Waals surface area contributed by atoms with E-state index in [1.165, 1.54) is 0 Å². The monoisotopic (exact) mass is 338 g/mol. The molecule has 0 bridgehead atoms. The molecule has 1 aromatic carbocycles. The number of thiophene rings is 1. The SMILES string of the molecule is CS(=O)(=O)NCCc1ccc(C(=O)NCc2cccs2)cc1. The van der Waals surface area contributed by atoms with Crippen LogP contribution in [0.15, 0.2) is 41.8 Å². The Labute approximate surface area is 134 Å². The smallest absolute Gasteiger partial charge is 0.251 e. The molecule has 5 nitrogen and oxygen atoms in total. The van der Waals surface area contributed by atoms with Gasteiger partial charge in [0.2, 0.25) is 10.0 Å². The standard InChI is InChI=1S/C15H18N2O3S2/c1-22(19,20)17-9-8-12-4-6-13(7-5-12)15(18)16-11-14-3-2-10-21-14/h2-7,10,17H,8-9,11H2,1H3,(H,16,18). The first-order valence-corrected chi connectivity index (χ1v) is 9.55. The number of amides is 1. The van der Waals surface area contributed by atoms with Crippen molar-refractivity contribution in [3.8, 4) is 0 Å². The predicted octanol–water partition coefficient (Wildman–Crippen LogP) is 1.77. The highest BCUT2D eigenvalue weighted by Crippen LogP contribution is 2.09. The third-order valence-electron chi connectivity index (χ3n) is 3.00. The van der Waals surface area contributed by atoms with Gasteiger partial charge in [0.25, 0.3) is 5.91 Å². The lowest BCUT2D eigenvalue weighted by atomic mass is 10.1. The molecule has 2 aromatic rings. The van der Waals surface area contributed by atoms with Gasteiger partial charge in [-0.1, -0.05) is 18.2 Å². The summed E-state index contributed by atoms with van der Waals surface area (Å²) in [5.74, 6) is -0.116. The van der Waals surface area contributed by atoms with E-state index in [0.717, 1.165) is 16.7 Å². The molecule has 0 atom stereocenters. The van der Waals surface area contributed by atoms with Crippen LogP contribution in [0.4, 0.5) is 0 Å². The van der Waals surface area contributed by atoms with Crippen molar-refractivity contribution in [3.63, 3.8) is 0 Å². The zero-order chi connectivity index (χ0) is 16.0. The molecule has 0 aliphatic carbocycles. The first kappa shape index (κ1) is 16.7. The van der Waals surface area contributed by atoms with Crippen molar-refractivity contribution in [1.29, 1.82) is 0 Å². The molecular formula is C15H18N2O3S2. The average molecular weight is 338 g/mol. The van der Waals surface area contributed by atoms with Crippen LogP contribution < -0.4 is 10.0 Å². The number of nitrogens with one attached hydrogen (secondary N) is 2. The van der Waals surface area contributed by atoms with Gasteiger partial charge in [0, 0.05) is 17.0 Å². The summed E-state index contributed by atoms with van der Waals surface area (Å²) >= 11 is 1.60. The molecule has 2 rings (SSSR count). The van der Waals surface area contributed by atoms with Gasteiger partial charge in [0.15, 0.2) is 0 Å². The summed E-state index contributed by atoms with van der Waals surface area (Å²) in [7, 11) is -3.16. The van der Waals surface area contributed by atoms with Gasteiger partial charge in [-0.25, -0.2) is 13.1 Å². The number of hydrogen-bond acceptors (Lipinski definition) is 4. The molecule has 0 radical (unpaired) electrons. The normalized spacial score (nSPS) is 11.3. The van der Waals surface area contributed by atoms with Crippen LogP contribution in [0, 0.1) is 0 Å². The largest absolute Gasteiger partial charge is 0.347 e. The lowest BCUT2D eigenvalue weighted by Gasteiger charge is -2.06. The molecule has 0 spiro atoms. The molecule has 118 valence electrons. The lowest BCUT2D eigenvalue weighted by molar-refractivity contribution is 0.0951. The second-order valence-corrected chi connectivity index (χ2v) is 7.74. The van der Waals surface area contributed by atoms with E-state index in [9.17, 15) is 13.2 Å². The van der Waals surface area contributed by atoms with Gasteiger partial charge in [-0.05, 0) is 35.6 Å². The highest BCUT2D eigenvalue weighted by Gasteiger charge is 2.06. The van der Waals surface area contributed by atoms with Crippen molar-refractivity contribution in [1.82, 2.24) is 10.0 Å². The second-order valence-electron chi connectivity index (χ2n) is 4.88. The summed E-state index contributed by atoms with van der Waals surface area (Å²) in [4.78, 5) is 13.1. The summed E-state index contributed by atoms with van der Waals surface area (Å²) in [6.07, 6.45) is 1.72. The van der Waals surface area contributed by atoms with Crippen LogP contribution in [0.1, 0.15) is 20.8 Å². The number of sulfonamides is 1. The highest BCUT2D eigenvalue weighted by molar-refractivity contribution is 7.88. The van der Waals surface area contributed by atoms with Gasteiger partial charge in [-0.3, -0.25) is 4.79 Å². The van der Waals surface area contributed by atoms with E-state index >= 15 is 0 Å². The molecule has 0 saturated carbocycles. The van der Waals surface area contributed by atoms with Gasteiger partial charge in [-0.15, -0.1) is 11.3 Å². The molecule has 1 amide bonds. The molecule has 2 N–H and O–H groups in total. The van der Waals surface area contributed by atoms with Gasteiger partial charge in [-0.2, -0.15) is 0 Å². The molecule has 0 aliphatic rings. The fourth-order valence-corrected chi connectivity index (χ4v) is 3.00. The molecule has 0 fully saturated rings. The molecule has 0 saturated heterocycles. The Morgan fingerprint density at radius 2 is 1.91 bits per heavy atom. The lowest BCUT2D eigenvalue weighted by Crippen LogP contribution is -2.24. The Balaban J connectivity index is 1.84. The maximum absolute atomic E-state index is 12.0. The van der Waals surface area contributed by atoms with Crippen molar-refractivity contribution in [3.05, 3.63) is 57.8 Å². The van der Waals surface area contributed by atoms with Gasteiger partial charge >= 0.3 is 0 Å². The Bertz CT molecular complexity index is 708. The van der Waals surface area contributed by atoms with Crippen LogP contribution >= 0.6 is 11.3 Å². The van der Waals surface area contributed by atoms with Crippen LogP contribution in [0.5, 0.6) is 0 Å². The third-order valence-corrected chi connectivity index (χ3v) is 4.60. The van der Waals surface area contributed by atoms with Crippen LogP contribution in [-0.2, 0) is 23.0 Å². The predicted molar refractivity (Wildman–Crippen MR) is 88.5 cm³/mol. The van der Waals surface area contributed by atoms with E-state index in [0.29, 0.717) is 25.1 Å². The molecule has 1 heterocycles. The third kappa shape index (κ3) is 5.59. The van der Waals surface area contributed by atoms with E-state index in [-0.39, 0.29) is 5.91 Å². The molecule has 1 aromatic heterocycles. The Hall–Kier alpha value is -1.70. The first-order valence-electron chi connectivity index (χ1n) is 6.78. The van der Waals surface area contributed by atoms with E-state index < -0.39 is 10.0 Å². The van der Waals surface area contributed by atoms with E-state index in [4.69, 9.17) is 0 Å². The first-order chi connectivity index (χ1) is 10.4. The number of rotatable bonds is 7. The van der Waals surface area contributed by atoms with Gasteiger partial charge in [0.1, 0.15) is 0 Å². The Morgan fingerprint density at radius 3 is 2.50 bits per heavy atom. The van der Waals surface area contributed by atoms with Crippen LogP contribution in [0.2, 0.25) is 0 Å². The average Bonchev–Trinajstić information content (AvgIpc) is 2.97. The van der Waals surface area contributed by atoms with Crippen LogP contribution in [0.25, 0.3) is 0 Å². The van der Waals surface area contributed by atoms with E-state index in [1.807, 2.05) is 29.6 Å². The van der Waals surface area contributed by atoms with Crippen molar-refractivity contribution in [2.75, 3.05) is 12.8 Å². The summed E-state index contributed by atoms with van der Waals surface area (Å²) in [5, 5.41) is 4.84. The van der Waals surface area contributed by atoms with E-state index in [1.54, 1.807) is 23.5 Å². The minimum absolute atomic E-state index is 0.116. The van der Waals surface area contributed by atoms with Crippen molar-refractivity contribution < 1.29 is 13.2 Å². The second kappa shape index (κ2) is 7.53. The summed E-state index contributed by atoms with van der Waals surface area (Å²) in [5.41, 5.74) is 1.57. The summed E-state index contributed by atoms with van der Waals surface area (Å²) < 4.78 is 24.4. The van der Waals surface area contributed by atoms with E-state index in [2.05, 4.69) is 10.0 Å². The number of benzene rings is 1.